The summed E-state index contributed by atoms with van der Waals surface area (Å²) in [5.74, 6) is 4.71. The smallest absolute Gasteiger partial charge is 0.0686 e. The van der Waals surface area contributed by atoms with Gasteiger partial charge in [-0.15, -0.1) is 0 Å². The van der Waals surface area contributed by atoms with Crippen molar-refractivity contribution in [1.82, 2.24) is 0 Å². The second-order valence-electron chi connectivity index (χ2n) is 0.913. The van der Waals surface area contributed by atoms with Crippen LogP contribution in [-0.2, 0) is 4.84 Å². The number of halogens is 1. The minimum Gasteiger partial charge on any atom is -0.305 e. The van der Waals surface area contributed by atoms with Crippen molar-refractivity contribution in [2.45, 2.75) is 6.42 Å². The van der Waals surface area contributed by atoms with Crippen LogP contribution < -0.4 is 5.90 Å². The number of alkyl halides is 1. The van der Waals surface area contributed by atoms with Gasteiger partial charge in [-0.1, -0.05) is 22.6 Å². The Balaban J connectivity index is 2.34. The van der Waals surface area contributed by atoms with Crippen LogP contribution in [0.2, 0.25) is 0 Å². The molecule has 0 saturated carbocycles. The number of nitrogens with two attached hydrogens (primary N) is 1. The van der Waals surface area contributed by atoms with Gasteiger partial charge < -0.3 is 4.84 Å². The molecule has 0 aliphatic rings. The fraction of sp³-hybridized carbons (Fsp3) is 1.00. The minimum absolute atomic E-state index is 0.683. The molecule has 2 N–H and O–H groups in total. The van der Waals surface area contributed by atoms with E-state index in [2.05, 4.69) is 27.4 Å². The van der Waals surface area contributed by atoms with Gasteiger partial charge in [-0.25, -0.2) is 5.90 Å². The average molecular weight is 201 g/mol. The molecule has 0 aromatic rings. The Labute approximate surface area is 51.1 Å². The van der Waals surface area contributed by atoms with Crippen LogP contribution in [0.1, 0.15) is 6.42 Å². The molecule has 38 valence electrons. The van der Waals surface area contributed by atoms with Crippen molar-refractivity contribution in [3.8, 4) is 0 Å². The monoisotopic (exact) mass is 201 g/mol. The van der Waals surface area contributed by atoms with Crippen molar-refractivity contribution >= 4 is 22.6 Å². The molecule has 0 aliphatic heterocycles. The molecule has 0 unspecified atom stereocenters. The molecule has 0 aliphatic carbocycles. The summed E-state index contributed by atoms with van der Waals surface area (Å²) >= 11 is 2.28. The first-order chi connectivity index (χ1) is 2.91. The molecule has 6 heavy (non-hydrogen) atoms. The second kappa shape index (κ2) is 5.65. The van der Waals surface area contributed by atoms with Gasteiger partial charge in [0, 0.05) is 4.43 Å². The van der Waals surface area contributed by atoms with Gasteiger partial charge in [0.2, 0.25) is 0 Å². The highest BCUT2D eigenvalue weighted by molar-refractivity contribution is 14.1. The molecule has 0 bridgehead atoms. The van der Waals surface area contributed by atoms with E-state index in [1.165, 1.54) is 0 Å². The SMILES string of the molecule is NOCCCI. The van der Waals surface area contributed by atoms with Crippen LogP contribution >= 0.6 is 22.6 Å². The lowest BCUT2D eigenvalue weighted by molar-refractivity contribution is 0.140. The van der Waals surface area contributed by atoms with Gasteiger partial charge >= 0.3 is 0 Å². The Morgan fingerprint density at radius 2 is 2.33 bits per heavy atom. The van der Waals surface area contributed by atoms with Gasteiger partial charge in [-0.05, 0) is 6.42 Å². The predicted molar refractivity (Wildman–Crippen MR) is 33.6 cm³/mol. The molecule has 2 nitrogen and oxygen atoms in total. The second-order valence-corrected chi connectivity index (χ2v) is 1.99. The molecular formula is C3H8INO. The third-order valence-electron chi connectivity index (χ3n) is 0.396. The van der Waals surface area contributed by atoms with Crippen LogP contribution in [0.3, 0.4) is 0 Å². The highest BCUT2D eigenvalue weighted by atomic mass is 127. The van der Waals surface area contributed by atoms with E-state index in [4.69, 9.17) is 5.90 Å². The van der Waals surface area contributed by atoms with Gasteiger partial charge in [0.15, 0.2) is 0 Å². The Hall–Kier alpha value is 0.650. The Bertz CT molecular complexity index is 22.8. The van der Waals surface area contributed by atoms with Crippen molar-refractivity contribution in [3.05, 3.63) is 0 Å². The predicted octanol–water partition coefficient (Wildman–Crippen LogP) is 0.702. The van der Waals surface area contributed by atoms with Crippen molar-refractivity contribution in [1.29, 1.82) is 0 Å². The van der Waals surface area contributed by atoms with E-state index in [1.54, 1.807) is 0 Å². The van der Waals surface area contributed by atoms with E-state index in [-0.39, 0.29) is 0 Å². The van der Waals surface area contributed by atoms with Gasteiger partial charge in [0.1, 0.15) is 0 Å². The third kappa shape index (κ3) is 4.65. The highest BCUT2D eigenvalue weighted by Gasteiger charge is 1.76. The normalized spacial score (nSPS) is 9.00. The van der Waals surface area contributed by atoms with E-state index in [0.29, 0.717) is 6.61 Å². The van der Waals surface area contributed by atoms with E-state index >= 15 is 0 Å². The van der Waals surface area contributed by atoms with Gasteiger partial charge in [0.25, 0.3) is 0 Å². The lowest BCUT2D eigenvalue weighted by Crippen LogP contribution is -2.00. The summed E-state index contributed by atoms with van der Waals surface area (Å²) in [4.78, 5) is 4.28. The number of rotatable bonds is 3. The molecule has 0 spiro atoms. The summed E-state index contributed by atoms with van der Waals surface area (Å²) in [7, 11) is 0. The summed E-state index contributed by atoms with van der Waals surface area (Å²) in [6.07, 6.45) is 1.05. The first-order valence-corrected chi connectivity index (χ1v) is 3.32. The number of hydrogen-bond donors (Lipinski definition) is 1. The lowest BCUT2D eigenvalue weighted by atomic mass is 10.5. The van der Waals surface area contributed by atoms with Crippen LogP contribution in [0.4, 0.5) is 0 Å². The van der Waals surface area contributed by atoms with Gasteiger partial charge in [-0.2, -0.15) is 0 Å². The molecular weight excluding hydrogens is 193 g/mol. The molecule has 0 radical (unpaired) electrons. The summed E-state index contributed by atoms with van der Waals surface area (Å²) in [6, 6.07) is 0. The zero-order valence-electron chi connectivity index (χ0n) is 3.48. The minimum atomic E-state index is 0.683. The molecule has 0 fully saturated rings. The first kappa shape index (κ1) is 6.65. The average Bonchev–Trinajstić information content (AvgIpc) is 1.61. The highest BCUT2D eigenvalue weighted by Crippen LogP contribution is 1.85. The van der Waals surface area contributed by atoms with Gasteiger partial charge in [-0.3, -0.25) is 0 Å². The molecule has 0 saturated heterocycles. The quantitative estimate of drug-likeness (QED) is 0.315. The van der Waals surface area contributed by atoms with Crippen molar-refractivity contribution in [2.24, 2.45) is 5.90 Å². The third-order valence-corrected chi connectivity index (χ3v) is 1.16. The standard InChI is InChI=1S/C3H8INO/c4-2-1-3-6-5/h1-3,5H2. The molecule has 0 rings (SSSR count). The molecule has 0 atom stereocenters. The summed E-state index contributed by atoms with van der Waals surface area (Å²) < 4.78 is 1.12. The van der Waals surface area contributed by atoms with Crippen LogP contribution in [0.15, 0.2) is 0 Å². The Morgan fingerprint density at radius 3 is 2.50 bits per heavy atom. The number of hydrogen-bond acceptors (Lipinski definition) is 2. The molecule has 0 amide bonds. The zero-order chi connectivity index (χ0) is 4.83. The fourth-order valence-electron chi connectivity index (χ4n) is 0.138. The van der Waals surface area contributed by atoms with E-state index < -0.39 is 0 Å². The summed E-state index contributed by atoms with van der Waals surface area (Å²) in [5, 5.41) is 0. The van der Waals surface area contributed by atoms with Crippen LogP contribution in [0.5, 0.6) is 0 Å². The Kier molecular flexibility index (Phi) is 6.26. The maximum absolute atomic E-state index is 4.71. The fourth-order valence-corrected chi connectivity index (χ4v) is 0.449. The lowest BCUT2D eigenvalue weighted by Gasteiger charge is -1.87. The van der Waals surface area contributed by atoms with Crippen LogP contribution in [-0.4, -0.2) is 11.0 Å². The molecule has 3 heteroatoms. The largest absolute Gasteiger partial charge is 0.305 e. The van der Waals surface area contributed by atoms with E-state index in [0.717, 1.165) is 10.8 Å². The topological polar surface area (TPSA) is 35.2 Å². The summed E-state index contributed by atoms with van der Waals surface area (Å²) in [5.41, 5.74) is 0. The van der Waals surface area contributed by atoms with Crippen LogP contribution in [0.25, 0.3) is 0 Å². The molecule has 0 aromatic heterocycles. The maximum Gasteiger partial charge on any atom is 0.0686 e. The zero-order valence-corrected chi connectivity index (χ0v) is 5.64. The Morgan fingerprint density at radius 1 is 1.67 bits per heavy atom. The molecule has 0 heterocycles. The van der Waals surface area contributed by atoms with E-state index in [1.807, 2.05) is 0 Å². The molecule has 0 aromatic carbocycles. The van der Waals surface area contributed by atoms with E-state index in [9.17, 15) is 0 Å². The summed E-state index contributed by atoms with van der Waals surface area (Å²) in [6.45, 7) is 0.683. The van der Waals surface area contributed by atoms with Crippen molar-refractivity contribution < 1.29 is 4.84 Å². The van der Waals surface area contributed by atoms with Gasteiger partial charge in [0.05, 0.1) is 6.61 Å². The maximum atomic E-state index is 4.71. The first-order valence-electron chi connectivity index (χ1n) is 1.79. The van der Waals surface area contributed by atoms with Crippen LogP contribution in [0, 0.1) is 0 Å². The van der Waals surface area contributed by atoms with Crippen molar-refractivity contribution in [3.63, 3.8) is 0 Å². The van der Waals surface area contributed by atoms with Crippen molar-refractivity contribution in [2.75, 3.05) is 11.0 Å².